The number of anilines is 1. The van der Waals surface area contributed by atoms with Gasteiger partial charge in [-0.05, 0) is 24.1 Å². The van der Waals surface area contributed by atoms with Crippen molar-refractivity contribution in [2.24, 2.45) is 0 Å². The molecule has 0 radical (unpaired) electrons. The molecule has 84 valence electrons. The van der Waals surface area contributed by atoms with Crippen LogP contribution in [0.3, 0.4) is 0 Å². The van der Waals surface area contributed by atoms with E-state index in [0.29, 0.717) is 12.4 Å². The fourth-order valence-corrected chi connectivity index (χ4v) is 1.47. The Bertz CT molecular complexity index is 465. The molecular weight excluding hydrogens is 202 g/mol. The molecular formula is C12H15N3O. The van der Waals surface area contributed by atoms with Gasteiger partial charge in [-0.25, -0.2) is 0 Å². The third-order valence-electron chi connectivity index (χ3n) is 2.35. The molecule has 2 aromatic rings. The molecule has 0 atom stereocenters. The zero-order valence-corrected chi connectivity index (χ0v) is 9.23. The number of rotatable bonds is 4. The van der Waals surface area contributed by atoms with Crippen molar-refractivity contribution in [3.8, 4) is 5.75 Å². The van der Waals surface area contributed by atoms with Crippen LogP contribution in [0.15, 0.2) is 30.3 Å². The van der Waals surface area contributed by atoms with Gasteiger partial charge in [0.2, 0.25) is 0 Å². The number of ether oxygens (including phenoxy) is 1. The van der Waals surface area contributed by atoms with Crippen LogP contribution < -0.4 is 10.5 Å². The summed E-state index contributed by atoms with van der Waals surface area (Å²) in [5, 5.41) is 6.64. The van der Waals surface area contributed by atoms with Crippen LogP contribution in [0.1, 0.15) is 18.2 Å². The van der Waals surface area contributed by atoms with Gasteiger partial charge in [0.05, 0.1) is 5.69 Å². The number of hydrogen-bond donors (Lipinski definition) is 2. The van der Waals surface area contributed by atoms with Gasteiger partial charge in [-0.3, -0.25) is 5.10 Å². The van der Waals surface area contributed by atoms with Gasteiger partial charge in [-0.15, -0.1) is 0 Å². The lowest BCUT2D eigenvalue weighted by Gasteiger charge is -2.05. The number of H-pyrrole nitrogens is 1. The predicted molar refractivity (Wildman–Crippen MR) is 63.2 cm³/mol. The SMILES string of the molecule is CCc1cccc(OCc2cc(N)n[nH]2)c1. The summed E-state index contributed by atoms with van der Waals surface area (Å²) >= 11 is 0. The van der Waals surface area contributed by atoms with Crippen molar-refractivity contribution < 1.29 is 4.74 Å². The number of aryl methyl sites for hydroxylation is 1. The summed E-state index contributed by atoms with van der Waals surface area (Å²) in [6.07, 6.45) is 1.01. The zero-order valence-electron chi connectivity index (χ0n) is 9.23. The highest BCUT2D eigenvalue weighted by atomic mass is 16.5. The Morgan fingerprint density at radius 2 is 2.25 bits per heavy atom. The van der Waals surface area contributed by atoms with E-state index in [1.807, 2.05) is 18.2 Å². The highest BCUT2D eigenvalue weighted by molar-refractivity contribution is 5.30. The quantitative estimate of drug-likeness (QED) is 0.824. The van der Waals surface area contributed by atoms with Crippen molar-refractivity contribution in [3.63, 3.8) is 0 Å². The van der Waals surface area contributed by atoms with E-state index in [1.165, 1.54) is 5.56 Å². The minimum Gasteiger partial charge on any atom is -0.487 e. The molecule has 0 saturated carbocycles. The minimum atomic E-state index is 0.456. The summed E-state index contributed by atoms with van der Waals surface area (Å²) in [5.41, 5.74) is 7.64. The second-order valence-electron chi connectivity index (χ2n) is 3.61. The van der Waals surface area contributed by atoms with Gasteiger partial charge in [-0.2, -0.15) is 5.10 Å². The Morgan fingerprint density at radius 3 is 2.94 bits per heavy atom. The second-order valence-corrected chi connectivity index (χ2v) is 3.61. The van der Waals surface area contributed by atoms with Crippen LogP contribution in [0.5, 0.6) is 5.75 Å². The summed E-state index contributed by atoms with van der Waals surface area (Å²) in [7, 11) is 0. The molecule has 2 rings (SSSR count). The Morgan fingerprint density at radius 1 is 1.38 bits per heavy atom. The molecule has 0 aliphatic heterocycles. The van der Waals surface area contributed by atoms with Crippen molar-refractivity contribution >= 4 is 5.82 Å². The molecule has 4 heteroatoms. The first-order chi connectivity index (χ1) is 7.78. The molecule has 0 aliphatic carbocycles. The molecule has 4 nitrogen and oxygen atoms in total. The summed E-state index contributed by atoms with van der Waals surface area (Å²) in [4.78, 5) is 0. The maximum Gasteiger partial charge on any atom is 0.145 e. The first kappa shape index (κ1) is 10.5. The van der Waals surface area contributed by atoms with Crippen molar-refractivity contribution in [2.45, 2.75) is 20.0 Å². The molecule has 0 fully saturated rings. The Balaban J connectivity index is 1.99. The standard InChI is InChI=1S/C12H15N3O/c1-2-9-4-3-5-11(6-9)16-8-10-7-12(13)15-14-10/h3-7H,2,8H2,1H3,(H3,13,14,15). The normalized spacial score (nSPS) is 10.3. The van der Waals surface area contributed by atoms with E-state index in [0.717, 1.165) is 17.9 Å². The average molecular weight is 217 g/mol. The van der Waals surface area contributed by atoms with Gasteiger partial charge < -0.3 is 10.5 Å². The fourth-order valence-electron chi connectivity index (χ4n) is 1.47. The van der Waals surface area contributed by atoms with Gasteiger partial charge >= 0.3 is 0 Å². The van der Waals surface area contributed by atoms with Crippen LogP contribution in [0.25, 0.3) is 0 Å². The Hall–Kier alpha value is -1.97. The van der Waals surface area contributed by atoms with Crippen LogP contribution in [0, 0.1) is 0 Å². The molecule has 1 aromatic heterocycles. The molecule has 1 heterocycles. The summed E-state index contributed by atoms with van der Waals surface area (Å²) < 4.78 is 5.62. The molecule has 1 aromatic carbocycles. The zero-order chi connectivity index (χ0) is 11.4. The lowest BCUT2D eigenvalue weighted by atomic mass is 10.2. The van der Waals surface area contributed by atoms with Crippen LogP contribution in [-0.4, -0.2) is 10.2 Å². The largest absolute Gasteiger partial charge is 0.487 e. The monoisotopic (exact) mass is 217 g/mol. The van der Waals surface area contributed by atoms with Gasteiger partial charge in [-0.1, -0.05) is 19.1 Å². The minimum absolute atomic E-state index is 0.456. The number of aromatic amines is 1. The highest BCUT2D eigenvalue weighted by Gasteiger charge is 1.99. The van der Waals surface area contributed by atoms with Gasteiger partial charge in [0.15, 0.2) is 0 Å². The van der Waals surface area contributed by atoms with E-state index in [9.17, 15) is 0 Å². The first-order valence-corrected chi connectivity index (χ1v) is 5.29. The summed E-state index contributed by atoms with van der Waals surface area (Å²) in [6.45, 7) is 2.58. The van der Waals surface area contributed by atoms with E-state index in [1.54, 1.807) is 6.07 Å². The van der Waals surface area contributed by atoms with Crippen LogP contribution in [0.4, 0.5) is 5.82 Å². The number of nitrogens with one attached hydrogen (secondary N) is 1. The van der Waals surface area contributed by atoms with Crippen molar-refractivity contribution in [3.05, 3.63) is 41.6 Å². The van der Waals surface area contributed by atoms with E-state index in [2.05, 4.69) is 23.2 Å². The number of nitrogens with two attached hydrogens (primary N) is 1. The van der Waals surface area contributed by atoms with Crippen molar-refractivity contribution in [2.75, 3.05) is 5.73 Å². The molecule has 16 heavy (non-hydrogen) atoms. The molecule has 3 N–H and O–H groups in total. The molecule has 0 spiro atoms. The van der Waals surface area contributed by atoms with Crippen LogP contribution in [-0.2, 0) is 13.0 Å². The van der Waals surface area contributed by atoms with Gasteiger partial charge in [0.25, 0.3) is 0 Å². The predicted octanol–water partition coefficient (Wildman–Crippen LogP) is 2.13. The molecule has 0 unspecified atom stereocenters. The van der Waals surface area contributed by atoms with Crippen molar-refractivity contribution in [1.82, 2.24) is 10.2 Å². The molecule has 0 saturated heterocycles. The summed E-state index contributed by atoms with van der Waals surface area (Å²) in [6, 6.07) is 9.83. The number of aromatic nitrogens is 2. The summed E-state index contributed by atoms with van der Waals surface area (Å²) in [5.74, 6) is 1.36. The van der Waals surface area contributed by atoms with Crippen molar-refractivity contribution in [1.29, 1.82) is 0 Å². The molecule has 0 bridgehead atoms. The number of benzene rings is 1. The maximum atomic E-state index is 5.62. The number of nitrogen functional groups attached to an aromatic ring is 1. The molecule has 0 amide bonds. The lowest BCUT2D eigenvalue weighted by Crippen LogP contribution is -1.96. The van der Waals surface area contributed by atoms with Gasteiger partial charge in [0.1, 0.15) is 18.2 Å². The van der Waals surface area contributed by atoms with E-state index >= 15 is 0 Å². The Kier molecular flexibility index (Phi) is 3.10. The Labute approximate surface area is 94.4 Å². The van der Waals surface area contributed by atoms with Crippen LogP contribution >= 0.6 is 0 Å². The first-order valence-electron chi connectivity index (χ1n) is 5.29. The fraction of sp³-hybridized carbons (Fsp3) is 0.250. The number of hydrogen-bond acceptors (Lipinski definition) is 3. The van der Waals surface area contributed by atoms with Gasteiger partial charge in [0, 0.05) is 6.07 Å². The lowest BCUT2D eigenvalue weighted by molar-refractivity contribution is 0.301. The third kappa shape index (κ3) is 2.53. The smallest absolute Gasteiger partial charge is 0.145 e. The van der Waals surface area contributed by atoms with E-state index in [-0.39, 0.29) is 0 Å². The highest BCUT2D eigenvalue weighted by Crippen LogP contribution is 2.15. The molecule has 0 aliphatic rings. The second kappa shape index (κ2) is 4.70. The average Bonchev–Trinajstić information content (AvgIpc) is 2.73. The van der Waals surface area contributed by atoms with E-state index < -0.39 is 0 Å². The van der Waals surface area contributed by atoms with Crippen LogP contribution in [0.2, 0.25) is 0 Å². The topological polar surface area (TPSA) is 63.9 Å². The van der Waals surface area contributed by atoms with E-state index in [4.69, 9.17) is 10.5 Å². The number of nitrogens with zero attached hydrogens (tertiary/aromatic N) is 1. The third-order valence-corrected chi connectivity index (χ3v) is 2.35. The maximum absolute atomic E-state index is 5.62.